The fourth-order valence-corrected chi connectivity index (χ4v) is 4.00. The van der Waals surface area contributed by atoms with Crippen molar-refractivity contribution in [3.05, 3.63) is 0 Å². The van der Waals surface area contributed by atoms with Crippen LogP contribution in [0.25, 0.3) is 0 Å². The van der Waals surface area contributed by atoms with Crippen LogP contribution in [0.2, 0.25) is 0 Å². The van der Waals surface area contributed by atoms with Gasteiger partial charge >= 0.3 is 0 Å². The van der Waals surface area contributed by atoms with E-state index in [-0.39, 0.29) is 5.91 Å². The Balaban J connectivity index is 1.63. The lowest BCUT2D eigenvalue weighted by Gasteiger charge is -2.39. The Hall–Kier alpha value is -0.610. The molecule has 3 N–H and O–H groups in total. The van der Waals surface area contributed by atoms with Crippen LogP contribution >= 0.6 is 0 Å². The van der Waals surface area contributed by atoms with E-state index in [1.807, 2.05) is 0 Å². The maximum Gasteiger partial charge on any atom is 0.237 e. The molecule has 3 fully saturated rings. The molecule has 0 aromatic heterocycles. The molecule has 4 nitrogen and oxygen atoms in total. The molecule has 4 atom stereocenters. The average molecular weight is 279 g/mol. The number of likely N-dealkylation sites (tertiary alicyclic amines) is 1. The number of hydrogen-bond acceptors (Lipinski definition) is 3. The Bertz CT molecular complexity index is 382. The molecule has 0 aromatic rings. The maximum absolute atomic E-state index is 12.0. The van der Waals surface area contributed by atoms with Crippen LogP contribution in [0.3, 0.4) is 0 Å². The molecule has 2 saturated carbocycles. The van der Waals surface area contributed by atoms with E-state index in [1.165, 1.54) is 32.4 Å². The fourth-order valence-electron chi connectivity index (χ4n) is 4.00. The van der Waals surface area contributed by atoms with Gasteiger partial charge in [0.25, 0.3) is 0 Å². The molecule has 4 unspecified atom stereocenters. The third-order valence-electron chi connectivity index (χ3n) is 5.90. The normalized spacial score (nSPS) is 42.8. The highest BCUT2D eigenvalue weighted by molar-refractivity contribution is 5.85. The minimum absolute atomic E-state index is 0.134. The first-order valence-corrected chi connectivity index (χ1v) is 8.32. The van der Waals surface area contributed by atoms with Crippen LogP contribution in [-0.4, -0.2) is 41.5 Å². The second-order valence-corrected chi connectivity index (χ2v) is 7.50. The Kier molecular flexibility index (Phi) is 3.80. The predicted molar refractivity (Wildman–Crippen MR) is 80.2 cm³/mol. The summed E-state index contributed by atoms with van der Waals surface area (Å²) in [5.74, 6) is 1.46. The van der Waals surface area contributed by atoms with Gasteiger partial charge < -0.3 is 16.0 Å². The van der Waals surface area contributed by atoms with Crippen LogP contribution < -0.4 is 11.1 Å². The molecule has 114 valence electrons. The average Bonchev–Trinajstić information content (AvgIpc) is 3.10. The summed E-state index contributed by atoms with van der Waals surface area (Å²) in [6, 6.07) is 1.09. The van der Waals surface area contributed by atoms with Gasteiger partial charge in [0.15, 0.2) is 0 Å². The lowest BCUT2D eigenvalue weighted by molar-refractivity contribution is -0.124. The third-order valence-corrected chi connectivity index (χ3v) is 5.90. The maximum atomic E-state index is 12.0. The Labute approximate surface area is 122 Å². The molecule has 2 aliphatic carbocycles. The van der Waals surface area contributed by atoms with Crippen molar-refractivity contribution in [1.82, 2.24) is 10.2 Å². The van der Waals surface area contributed by atoms with Crippen LogP contribution in [-0.2, 0) is 4.79 Å². The smallest absolute Gasteiger partial charge is 0.237 e. The molecule has 1 heterocycles. The largest absolute Gasteiger partial charge is 0.368 e. The molecular formula is C16H29N3O. The topological polar surface area (TPSA) is 58.4 Å². The van der Waals surface area contributed by atoms with Crippen molar-refractivity contribution < 1.29 is 4.79 Å². The lowest BCUT2D eigenvalue weighted by atomic mass is 9.87. The zero-order chi connectivity index (χ0) is 14.3. The number of rotatable bonds is 4. The highest BCUT2D eigenvalue weighted by Gasteiger charge is 2.48. The van der Waals surface area contributed by atoms with Gasteiger partial charge in [-0.3, -0.25) is 4.79 Å². The standard InChI is InChI=1S/C16H29N3O/c1-11-6-8-19(10-12(11)2)14-5-7-16(9-14,15(17)20)18-13-3-4-13/h11-14,18H,3-10H2,1-2H3,(H2,17,20). The van der Waals surface area contributed by atoms with Crippen molar-refractivity contribution in [3.8, 4) is 0 Å². The van der Waals surface area contributed by atoms with Crippen LogP contribution in [0.4, 0.5) is 0 Å². The number of carbonyl (C=O) groups is 1. The second-order valence-electron chi connectivity index (χ2n) is 7.50. The first kappa shape index (κ1) is 14.3. The molecule has 1 amide bonds. The predicted octanol–water partition coefficient (Wildman–Crippen LogP) is 1.49. The summed E-state index contributed by atoms with van der Waals surface area (Å²) in [4.78, 5) is 14.6. The van der Waals surface area contributed by atoms with Crippen LogP contribution in [0.1, 0.15) is 52.4 Å². The zero-order valence-electron chi connectivity index (χ0n) is 12.9. The van der Waals surface area contributed by atoms with Gasteiger partial charge in [0.05, 0.1) is 5.54 Å². The monoisotopic (exact) mass is 279 g/mol. The third kappa shape index (κ3) is 2.73. The summed E-state index contributed by atoms with van der Waals surface area (Å²) >= 11 is 0. The van der Waals surface area contributed by atoms with Gasteiger partial charge in [-0.15, -0.1) is 0 Å². The molecule has 4 heteroatoms. The van der Waals surface area contributed by atoms with Gasteiger partial charge in [-0.05, 0) is 56.9 Å². The molecule has 20 heavy (non-hydrogen) atoms. The highest BCUT2D eigenvalue weighted by Crippen LogP contribution is 2.38. The van der Waals surface area contributed by atoms with Crippen LogP contribution in [0, 0.1) is 11.8 Å². The second kappa shape index (κ2) is 5.30. The number of amides is 1. The first-order chi connectivity index (χ1) is 9.50. The Morgan fingerprint density at radius 3 is 2.55 bits per heavy atom. The highest BCUT2D eigenvalue weighted by atomic mass is 16.1. The summed E-state index contributed by atoms with van der Waals surface area (Å²) in [6.45, 7) is 7.09. The zero-order valence-corrected chi connectivity index (χ0v) is 12.9. The minimum Gasteiger partial charge on any atom is -0.368 e. The molecule has 0 radical (unpaired) electrons. The number of primary amides is 1. The van der Waals surface area contributed by atoms with E-state index in [0.717, 1.165) is 31.1 Å². The van der Waals surface area contributed by atoms with Gasteiger partial charge in [-0.2, -0.15) is 0 Å². The van der Waals surface area contributed by atoms with Gasteiger partial charge in [-0.1, -0.05) is 13.8 Å². The summed E-state index contributed by atoms with van der Waals surface area (Å²) in [6.07, 6.45) is 6.65. The number of hydrogen-bond donors (Lipinski definition) is 2. The van der Waals surface area contributed by atoms with Gasteiger partial charge in [0.1, 0.15) is 0 Å². The number of piperidine rings is 1. The Morgan fingerprint density at radius 1 is 1.20 bits per heavy atom. The fraction of sp³-hybridized carbons (Fsp3) is 0.938. The number of nitrogens with two attached hydrogens (primary N) is 1. The van der Waals surface area contributed by atoms with Crippen molar-refractivity contribution in [2.75, 3.05) is 13.1 Å². The molecular weight excluding hydrogens is 250 g/mol. The minimum atomic E-state index is -0.419. The van der Waals surface area contributed by atoms with Crippen LogP contribution in [0.5, 0.6) is 0 Å². The van der Waals surface area contributed by atoms with E-state index >= 15 is 0 Å². The van der Waals surface area contributed by atoms with Crippen molar-refractivity contribution in [2.45, 2.75) is 70.0 Å². The van der Waals surface area contributed by atoms with E-state index in [2.05, 4.69) is 24.1 Å². The number of nitrogens with zero attached hydrogens (tertiary/aromatic N) is 1. The van der Waals surface area contributed by atoms with Gasteiger partial charge in [0, 0.05) is 18.6 Å². The van der Waals surface area contributed by atoms with E-state index in [4.69, 9.17) is 5.73 Å². The lowest BCUT2D eigenvalue weighted by Crippen LogP contribution is -2.55. The summed E-state index contributed by atoms with van der Waals surface area (Å²) in [5.41, 5.74) is 5.31. The van der Waals surface area contributed by atoms with Crippen molar-refractivity contribution in [2.24, 2.45) is 17.6 Å². The van der Waals surface area contributed by atoms with E-state index < -0.39 is 5.54 Å². The molecule has 3 rings (SSSR count). The Morgan fingerprint density at radius 2 is 1.95 bits per heavy atom. The van der Waals surface area contributed by atoms with Gasteiger partial charge in [0.2, 0.25) is 5.91 Å². The van der Waals surface area contributed by atoms with Gasteiger partial charge in [-0.25, -0.2) is 0 Å². The number of carbonyl (C=O) groups excluding carboxylic acids is 1. The summed E-state index contributed by atoms with van der Waals surface area (Å²) < 4.78 is 0. The quantitative estimate of drug-likeness (QED) is 0.820. The molecule has 3 aliphatic rings. The van der Waals surface area contributed by atoms with Crippen molar-refractivity contribution in [1.29, 1.82) is 0 Å². The van der Waals surface area contributed by atoms with Crippen molar-refractivity contribution in [3.63, 3.8) is 0 Å². The molecule has 1 aliphatic heterocycles. The van der Waals surface area contributed by atoms with E-state index in [9.17, 15) is 4.79 Å². The van der Waals surface area contributed by atoms with E-state index in [1.54, 1.807) is 0 Å². The first-order valence-electron chi connectivity index (χ1n) is 8.32. The van der Waals surface area contributed by atoms with E-state index in [0.29, 0.717) is 12.1 Å². The molecule has 0 aromatic carbocycles. The molecule has 0 spiro atoms. The van der Waals surface area contributed by atoms with Crippen LogP contribution in [0.15, 0.2) is 0 Å². The summed E-state index contributed by atoms with van der Waals surface area (Å²) in [5, 5.41) is 3.55. The molecule has 0 bridgehead atoms. The number of nitrogens with one attached hydrogen (secondary N) is 1. The summed E-state index contributed by atoms with van der Waals surface area (Å²) in [7, 11) is 0. The van der Waals surface area contributed by atoms with Crippen molar-refractivity contribution >= 4 is 5.91 Å². The molecule has 1 saturated heterocycles. The SMILES string of the molecule is CC1CCN(C2CCC(NC3CC3)(C(N)=O)C2)CC1C.